The van der Waals surface area contributed by atoms with Crippen LogP contribution in [-0.4, -0.2) is 31.0 Å². The molecule has 0 saturated carbocycles. The number of carbonyl (C=O) groups is 1. The summed E-state index contributed by atoms with van der Waals surface area (Å²) < 4.78 is 5.24. The largest absolute Gasteiger partial charge is 0.495 e. The van der Waals surface area contributed by atoms with Crippen LogP contribution in [-0.2, 0) is 9.63 Å². The Morgan fingerprint density at radius 1 is 1.56 bits per heavy atom. The van der Waals surface area contributed by atoms with Crippen molar-refractivity contribution in [1.82, 2.24) is 0 Å². The van der Waals surface area contributed by atoms with Gasteiger partial charge in [0.05, 0.1) is 12.8 Å². The predicted octanol–water partition coefficient (Wildman–Crippen LogP) is 0.264. The summed E-state index contributed by atoms with van der Waals surface area (Å²) >= 11 is 0. The lowest BCUT2D eigenvalue weighted by molar-refractivity contribution is -0.142. The van der Waals surface area contributed by atoms with Crippen LogP contribution in [0, 0.1) is 0 Å². The molecule has 0 spiro atoms. The number of ether oxygens (including phenoxy) is 1. The zero-order valence-corrected chi connectivity index (χ0v) is 9.87. The number of hydrogen-bond acceptors (Lipinski definition) is 6. The Kier molecular flexibility index (Phi) is 3.50. The summed E-state index contributed by atoms with van der Waals surface area (Å²) in [5.41, 5.74) is 1.49. The molecule has 1 heterocycles. The number of rotatable bonds is 3. The maximum atomic E-state index is 11.3. The molecule has 0 fully saturated rings. The quantitative estimate of drug-likeness (QED) is 0.749. The van der Waals surface area contributed by atoms with Crippen LogP contribution < -0.4 is 15.5 Å². The van der Waals surface area contributed by atoms with Gasteiger partial charge in [-0.3, -0.25) is 0 Å². The number of methoxy groups -OCH3 is 1. The molecule has 1 atom stereocenters. The molecular formula is C12H14N2O4. The highest BCUT2D eigenvalue weighted by Crippen LogP contribution is 2.36. The number of fused-ring (bicyclic) bond motifs is 1. The molecule has 3 N–H and O–H groups in total. The summed E-state index contributed by atoms with van der Waals surface area (Å²) in [5.74, 6) is 4.75. The van der Waals surface area contributed by atoms with Gasteiger partial charge in [-0.2, -0.15) is 5.90 Å². The van der Waals surface area contributed by atoms with Gasteiger partial charge in [-0.25, -0.2) is 4.79 Å². The predicted molar refractivity (Wildman–Crippen MR) is 65.7 cm³/mol. The first kappa shape index (κ1) is 12.4. The summed E-state index contributed by atoms with van der Waals surface area (Å²) in [6, 6.07) is 5.45. The molecule has 0 radical (unpaired) electrons. The van der Waals surface area contributed by atoms with Crippen LogP contribution in [0.15, 0.2) is 24.3 Å². The first-order valence-corrected chi connectivity index (χ1v) is 5.37. The molecule has 1 aromatic rings. The molecule has 2 rings (SSSR count). The Labute approximate surface area is 104 Å². The third-order valence-electron chi connectivity index (χ3n) is 2.74. The van der Waals surface area contributed by atoms with Crippen molar-refractivity contribution in [3.05, 3.63) is 29.8 Å². The van der Waals surface area contributed by atoms with Gasteiger partial charge in [-0.15, -0.1) is 0 Å². The first-order chi connectivity index (χ1) is 8.67. The number of aliphatic hydroxyl groups excluding tert-OH is 1. The highest BCUT2D eigenvalue weighted by atomic mass is 16.7. The van der Waals surface area contributed by atoms with Crippen molar-refractivity contribution in [1.29, 1.82) is 0 Å². The monoisotopic (exact) mass is 250 g/mol. The van der Waals surface area contributed by atoms with E-state index in [1.807, 2.05) is 12.1 Å². The fourth-order valence-corrected chi connectivity index (χ4v) is 1.92. The van der Waals surface area contributed by atoms with Crippen molar-refractivity contribution < 1.29 is 19.5 Å². The summed E-state index contributed by atoms with van der Waals surface area (Å²) in [7, 11) is 1.53. The average molecular weight is 250 g/mol. The lowest BCUT2D eigenvalue weighted by Crippen LogP contribution is -2.41. The van der Waals surface area contributed by atoms with Crippen LogP contribution >= 0.6 is 0 Å². The Bertz CT molecular complexity index is 487. The van der Waals surface area contributed by atoms with Gasteiger partial charge in [-0.05, 0) is 12.1 Å². The Morgan fingerprint density at radius 3 is 3.00 bits per heavy atom. The molecule has 0 bridgehead atoms. The third-order valence-corrected chi connectivity index (χ3v) is 2.74. The van der Waals surface area contributed by atoms with Crippen LogP contribution in [0.3, 0.4) is 0 Å². The topological polar surface area (TPSA) is 85.0 Å². The standard InChI is InChI=1S/C12H14N2O4/c1-17-9-4-2-3-8-5-6-10(15)14(12(8)9)7-11(16)18-13/h2-6,10,15H,7,13H2,1H3. The van der Waals surface area contributed by atoms with Gasteiger partial charge in [-0.1, -0.05) is 18.2 Å². The van der Waals surface area contributed by atoms with E-state index in [1.165, 1.54) is 12.0 Å². The van der Waals surface area contributed by atoms with Gasteiger partial charge in [0, 0.05) is 5.56 Å². The summed E-state index contributed by atoms with van der Waals surface area (Å²) in [5, 5.41) is 9.92. The second-order valence-corrected chi connectivity index (χ2v) is 3.79. The molecule has 6 heteroatoms. The highest BCUT2D eigenvalue weighted by molar-refractivity contribution is 5.83. The SMILES string of the molecule is COc1cccc2c1N(CC(=O)ON)C(O)C=C2. The van der Waals surface area contributed by atoms with Crippen LogP contribution in [0.25, 0.3) is 6.08 Å². The minimum absolute atomic E-state index is 0.157. The first-order valence-electron chi connectivity index (χ1n) is 5.37. The van der Waals surface area contributed by atoms with E-state index in [0.717, 1.165) is 5.56 Å². The molecule has 1 aliphatic heterocycles. The molecule has 1 aromatic carbocycles. The van der Waals surface area contributed by atoms with Crippen LogP contribution in [0.4, 0.5) is 5.69 Å². The number of para-hydroxylation sites is 1. The smallest absolute Gasteiger partial charge is 0.344 e. The van der Waals surface area contributed by atoms with E-state index in [-0.39, 0.29) is 6.54 Å². The van der Waals surface area contributed by atoms with E-state index >= 15 is 0 Å². The van der Waals surface area contributed by atoms with Gasteiger partial charge in [0.1, 0.15) is 18.5 Å². The second kappa shape index (κ2) is 5.07. The zero-order valence-electron chi connectivity index (χ0n) is 9.87. The lowest BCUT2D eigenvalue weighted by Gasteiger charge is -2.32. The van der Waals surface area contributed by atoms with Crippen molar-refractivity contribution in [2.45, 2.75) is 6.23 Å². The van der Waals surface area contributed by atoms with Crippen molar-refractivity contribution in [2.75, 3.05) is 18.6 Å². The van der Waals surface area contributed by atoms with E-state index in [4.69, 9.17) is 10.6 Å². The van der Waals surface area contributed by atoms with Crippen LogP contribution in [0.1, 0.15) is 5.56 Å². The van der Waals surface area contributed by atoms with Crippen molar-refractivity contribution in [2.24, 2.45) is 5.90 Å². The maximum Gasteiger partial charge on any atom is 0.344 e. The number of hydrogen-bond donors (Lipinski definition) is 2. The highest BCUT2D eigenvalue weighted by Gasteiger charge is 2.26. The summed E-state index contributed by atoms with van der Waals surface area (Å²) in [6.45, 7) is -0.157. The number of nitrogens with two attached hydrogens (primary N) is 1. The molecule has 96 valence electrons. The number of carbonyl (C=O) groups excluding carboxylic acids is 1. The zero-order chi connectivity index (χ0) is 13.1. The van der Waals surface area contributed by atoms with Crippen molar-refractivity contribution in [3.63, 3.8) is 0 Å². The van der Waals surface area contributed by atoms with Gasteiger partial charge < -0.3 is 19.6 Å². The van der Waals surface area contributed by atoms with E-state index < -0.39 is 12.2 Å². The Balaban J connectivity index is 2.43. The molecule has 0 aromatic heterocycles. The van der Waals surface area contributed by atoms with E-state index in [1.54, 1.807) is 18.2 Å². The molecule has 18 heavy (non-hydrogen) atoms. The minimum atomic E-state index is -0.923. The molecule has 1 unspecified atom stereocenters. The van der Waals surface area contributed by atoms with Crippen molar-refractivity contribution >= 4 is 17.7 Å². The van der Waals surface area contributed by atoms with Crippen LogP contribution in [0.5, 0.6) is 5.75 Å². The van der Waals surface area contributed by atoms with Gasteiger partial charge in [0.2, 0.25) is 0 Å². The maximum absolute atomic E-state index is 11.3. The van der Waals surface area contributed by atoms with Crippen LogP contribution in [0.2, 0.25) is 0 Å². The van der Waals surface area contributed by atoms with E-state index in [0.29, 0.717) is 11.4 Å². The fraction of sp³-hybridized carbons (Fsp3) is 0.250. The van der Waals surface area contributed by atoms with E-state index in [9.17, 15) is 9.90 Å². The third kappa shape index (κ3) is 2.15. The second-order valence-electron chi connectivity index (χ2n) is 3.79. The molecular weight excluding hydrogens is 236 g/mol. The molecule has 6 nitrogen and oxygen atoms in total. The summed E-state index contributed by atoms with van der Waals surface area (Å²) in [6.07, 6.45) is 2.42. The van der Waals surface area contributed by atoms with E-state index in [2.05, 4.69) is 4.84 Å². The van der Waals surface area contributed by atoms with Gasteiger partial charge in [0.25, 0.3) is 0 Å². The molecule has 0 amide bonds. The molecule has 1 aliphatic rings. The fourth-order valence-electron chi connectivity index (χ4n) is 1.92. The Morgan fingerprint density at radius 2 is 2.33 bits per heavy atom. The number of anilines is 1. The minimum Gasteiger partial charge on any atom is -0.495 e. The number of aliphatic hydroxyl groups is 1. The van der Waals surface area contributed by atoms with Gasteiger partial charge >= 0.3 is 5.97 Å². The normalized spacial score (nSPS) is 17.3. The molecule has 0 saturated heterocycles. The number of benzene rings is 1. The summed E-state index contributed by atoms with van der Waals surface area (Å²) in [4.78, 5) is 16.9. The van der Waals surface area contributed by atoms with Crippen molar-refractivity contribution in [3.8, 4) is 5.75 Å². The average Bonchev–Trinajstić information content (AvgIpc) is 2.40. The molecule has 0 aliphatic carbocycles. The van der Waals surface area contributed by atoms with Gasteiger partial charge in [0.15, 0.2) is 0 Å². The Hall–Kier alpha value is -2.05. The number of nitrogens with zero attached hydrogens (tertiary/aromatic N) is 1. The lowest BCUT2D eigenvalue weighted by atomic mass is 10.1.